The Morgan fingerprint density at radius 3 is 1.29 bits per heavy atom. The van der Waals surface area contributed by atoms with Gasteiger partial charge < -0.3 is 100 Å². The number of aliphatic hydroxyl groups is 11. The van der Waals surface area contributed by atoms with Gasteiger partial charge in [-0.15, -0.1) is 0 Å². The monoisotopic (exact) mass is 1480 g/mol. The number of carbonyl (C=O) groups excluding carboxylic acids is 2. The quantitative estimate of drug-likeness (QED) is 0.0199. The molecule has 103 heavy (non-hydrogen) atoms. The first-order valence-corrected chi connectivity index (χ1v) is 41.6. The largest absolute Gasteiger partial charge is 0.477 e. The Morgan fingerprint density at radius 1 is 0.505 bits per heavy atom. The number of hydrogen-bond acceptors (Lipinski definition) is 20. The average molecular weight is 1480 g/mol. The SMILES string of the molecule is CCCCCCCCCCCCCCCCCCCCCCC/C=C/C(O)C(COC1OC(CO)C(OC2OC(CO)C(O)C(OC3(C(=O)O)CC(O)C(NC(C)=O)C(C(O)C(O)CO)O3)C2O)C(O)C1O)NC(=O)CCCCCCCCCCCCCCCCCCCCCCCCCCCC. The van der Waals surface area contributed by atoms with Crippen molar-refractivity contribution in [1.29, 1.82) is 0 Å². The molecule has 0 aromatic rings. The molecule has 3 fully saturated rings. The Balaban J connectivity index is 1.51. The minimum Gasteiger partial charge on any atom is -0.477 e. The van der Waals surface area contributed by atoms with Crippen LogP contribution in [0.1, 0.15) is 342 Å². The number of unbranched alkanes of at least 4 members (excludes halogenated alkanes) is 46. The molecule has 3 aliphatic rings. The molecule has 606 valence electrons. The molecule has 0 aromatic carbocycles. The van der Waals surface area contributed by atoms with Gasteiger partial charge in [0, 0.05) is 19.8 Å². The molecule has 0 radical (unpaired) electrons. The highest BCUT2D eigenvalue weighted by Crippen LogP contribution is 2.39. The van der Waals surface area contributed by atoms with E-state index in [9.17, 15) is 75.7 Å². The van der Waals surface area contributed by atoms with Crippen LogP contribution in [0.15, 0.2) is 12.2 Å². The van der Waals surface area contributed by atoms with E-state index in [-0.39, 0.29) is 12.3 Å². The van der Waals surface area contributed by atoms with Crippen LogP contribution in [-0.2, 0) is 42.8 Å². The van der Waals surface area contributed by atoms with E-state index in [4.69, 9.17) is 28.4 Å². The van der Waals surface area contributed by atoms with Crippen molar-refractivity contribution in [3.05, 3.63) is 12.2 Å². The fraction of sp³-hybridized carbons (Fsp3) is 0.938. The maximum absolute atomic E-state index is 13.6. The van der Waals surface area contributed by atoms with E-state index < -0.39 is 155 Å². The first-order chi connectivity index (χ1) is 49.9. The molecular weight excluding hydrogens is 1320 g/mol. The topological polar surface area (TPSA) is 373 Å². The summed E-state index contributed by atoms with van der Waals surface area (Å²) in [6.45, 7) is 2.21. The van der Waals surface area contributed by atoms with Gasteiger partial charge in [0.25, 0.3) is 5.79 Å². The van der Waals surface area contributed by atoms with Gasteiger partial charge in [-0.25, -0.2) is 4.79 Å². The van der Waals surface area contributed by atoms with Crippen LogP contribution in [0.5, 0.6) is 0 Å². The summed E-state index contributed by atoms with van der Waals surface area (Å²) in [5, 5.41) is 136. The average Bonchev–Trinajstić information content (AvgIpc) is 0.753. The highest BCUT2D eigenvalue weighted by Gasteiger charge is 2.60. The molecule has 2 amide bonds. The zero-order chi connectivity index (χ0) is 75.3. The van der Waals surface area contributed by atoms with Crippen LogP contribution in [-0.4, -0.2) is 215 Å². The molecule has 0 spiro atoms. The van der Waals surface area contributed by atoms with Gasteiger partial charge in [0.2, 0.25) is 11.8 Å². The van der Waals surface area contributed by atoms with E-state index in [1.54, 1.807) is 6.08 Å². The molecule has 3 aliphatic heterocycles. The Bertz CT molecular complexity index is 2100. The van der Waals surface area contributed by atoms with E-state index in [1.165, 1.54) is 250 Å². The van der Waals surface area contributed by atoms with Crippen molar-refractivity contribution in [3.63, 3.8) is 0 Å². The highest BCUT2D eigenvalue weighted by atomic mass is 16.8. The molecule has 0 bridgehead atoms. The number of hydrogen-bond donors (Lipinski definition) is 14. The maximum Gasteiger partial charge on any atom is 0.364 e. The Kier molecular flexibility index (Phi) is 54.6. The van der Waals surface area contributed by atoms with Crippen LogP contribution >= 0.6 is 0 Å². The number of carboxylic acid groups (broad SMARTS) is 1. The summed E-state index contributed by atoms with van der Waals surface area (Å²) in [5.74, 6) is -6.13. The summed E-state index contributed by atoms with van der Waals surface area (Å²) in [7, 11) is 0. The van der Waals surface area contributed by atoms with Gasteiger partial charge in [-0.1, -0.05) is 315 Å². The third-order valence-electron chi connectivity index (χ3n) is 21.2. The second-order valence-electron chi connectivity index (χ2n) is 30.4. The second-order valence-corrected chi connectivity index (χ2v) is 30.4. The van der Waals surface area contributed by atoms with Crippen molar-refractivity contribution in [2.24, 2.45) is 0 Å². The molecule has 18 atom stereocenters. The van der Waals surface area contributed by atoms with Gasteiger partial charge in [-0.05, 0) is 19.3 Å². The number of nitrogens with one attached hydrogen (secondary N) is 2. The summed E-state index contributed by atoms with van der Waals surface area (Å²) >= 11 is 0. The number of carbonyl (C=O) groups is 3. The Morgan fingerprint density at radius 2 is 0.903 bits per heavy atom. The molecule has 23 nitrogen and oxygen atoms in total. The third kappa shape index (κ3) is 39.6. The first kappa shape index (κ1) is 94.7. The number of aliphatic carboxylic acids is 1. The lowest BCUT2D eigenvalue weighted by atomic mass is 9.88. The minimum absolute atomic E-state index is 0.206. The van der Waals surface area contributed by atoms with E-state index >= 15 is 0 Å². The van der Waals surface area contributed by atoms with Crippen LogP contribution in [0.4, 0.5) is 0 Å². The number of ether oxygens (including phenoxy) is 6. The lowest BCUT2D eigenvalue weighted by Gasteiger charge is -2.50. The van der Waals surface area contributed by atoms with Crippen LogP contribution in [0.25, 0.3) is 0 Å². The molecule has 3 saturated heterocycles. The molecule has 3 heterocycles. The third-order valence-corrected chi connectivity index (χ3v) is 21.2. The van der Waals surface area contributed by atoms with Crippen molar-refractivity contribution >= 4 is 17.8 Å². The normalized spacial score (nSPS) is 26.5. The predicted octanol–water partition coefficient (Wildman–Crippen LogP) is 11.4. The zero-order valence-corrected chi connectivity index (χ0v) is 64.2. The van der Waals surface area contributed by atoms with Crippen LogP contribution < -0.4 is 10.6 Å². The molecule has 0 aliphatic carbocycles. The Labute approximate surface area is 620 Å². The zero-order valence-electron chi connectivity index (χ0n) is 64.2. The van der Waals surface area contributed by atoms with Gasteiger partial charge in [0.05, 0.1) is 50.7 Å². The molecule has 0 aromatic heterocycles. The van der Waals surface area contributed by atoms with Crippen molar-refractivity contribution in [1.82, 2.24) is 10.6 Å². The van der Waals surface area contributed by atoms with Crippen LogP contribution in [0.3, 0.4) is 0 Å². The number of allylic oxidation sites excluding steroid dienone is 1. The summed E-state index contributed by atoms with van der Waals surface area (Å²) in [6.07, 6.45) is 35.3. The standard InChI is InChI=1S/C80H150N2O21/c1-4-6-8-10-12-14-16-18-20-22-24-26-28-29-30-32-34-36-38-40-42-44-46-48-50-52-54-67(90)82-61(62(87)53-51-49-47-45-43-41-39-37-35-33-31-27-25-23-21-19-17-15-13-11-9-7-5-2)59-98-77-72(94)71(93)74(66(58-85)100-77)101-78-73(95)76(70(92)65(57-84)99-78)103-80(79(96)97)55-63(88)68(81-60(3)86)75(102-80)69(91)64(89)56-83/h51,53,61-66,68-78,83-85,87-89,91-95H,4-50,52,54-59H2,1-3H3,(H,81,86)(H,82,90)(H,96,97)/b53-51+. The molecule has 23 heteroatoms. The Hall–Kier alpha value is -2.53. The number of carboxylic acids is 1. The minimum atomic E-state index is -3.08. The molecule has 0 saturated carbocycles. The number of aliphatic hydroxyl groups excluding tert-OH is 11. The summed E-state index contributed by atoms with van der Waals surface area (Å²) in [4.78, 5) is 38.7. The fourth-order valence-corrected chi connectivity index (χ4v) is 14.7. The lowest BCUT2D eigenvalue weighted by Crippen LogP contribution is -2.70. The van der Waals surface area contributed by atoms with Crippen molar-refractivity contribution in [3.8, 4) is 0 Å². The van der Waals surface area contributed by atoms with E-state index in [0.29, 0.717) is 12.8 Å². The molecule has 3 rings (SSSR count). The van der Waals surface area contributed by atoms with Gasteiger partial charge >= 0.3 is 5.97 Å². The van der Waals surface area contributed by atoms with Crippen LogP contribution in [0.2, 0.25) is 0 Å². The van der Waals surface area contributed by atoms with E-state index in [2.05, 4.69) is 24.5 Å². The van der Waals surface area contributed by atoms with E-state index in [0.717, 1.165) is 51.9 Å². The van der Waals surface area contributed by atoms with E-state index in [1.807, 2.05) is 6.08 Å². The summed E-state index contributed by atoms with van der Waals surface area (Å²) < 4.78 is 34.9. The summed E-state index contributed by atoms with van der Waals surface area (Å²) in [6, 6.07) is -2.62. The van der Waals surface area contributed by atoms with Gasteiger partial charge in [-0.2, -0.15) is 0 Å². The van der Waals surface area contributed by atoms with Crippen molar-refractivity contribution in [2.45, 2.75) is 452 Å². The summed E-state index contributed by atoms with van der Waals surface area (Å²) in [5.41, 5.74) is 0. The van der Waals surface area contributed by atoms with Gasteiger partial charge in [-0.3, -0.25) is 9.59 Å². The molecular formula is C80H150N2O21. The van der Waals surface area contributed by atoms with Crippen LogP contribution in [0, 0.1) is 0 Å². The molecule has 14 N–H and O–H groups in total. The highest BCUT2D eigenvalue weighted by molar-refractivity contribution is 5.77. The number of rotatable bonds is 66. The first-order valence-electron chi connectivity index (χ1n) is 41.6. The van der Waals surface area contributed by atoms with Gasteiger partial charge in [0.1, 0.15) is 67.1 Å². The fourth-order valence-electron chi connectivity index (χ4n) is 14.7. The lowest BCUT2D eigenvalue weighted by molar-refractivity contribution is -0.386. The smallest absolute Gasteiger partial charge is 0.364 e. The number of amides is 2. The maximum atomic E-state index is 13.6. The van der Waals surface area contributed by atoms with Crippen molar-refractivity contribution < 1.29 is 104 Å². The van der Waals surface area contributed by atoms with Gasteiger partial charge in [0.15, 0.2) is 12.6 Å². The second kappa shape index (κ2) is 59.4. The van der Waals surface area contributed by atoms with Crippen molar-refractivity contribution in [2.75, 3.05) is 26.4 Å². The molecule has 18 unspecified atom stereocenters. The predicted molar refractivity (Wildman–Crippen MR) is 398 cm³/mol.